The van der Waals surface area contributed by atoms with Crippen LogP contribution in [0.2, 0.25) is 0 Å². The number of piperidine rings is 1. The average molecular weight is 169 g/mol. The van der Waals surface area contributed by atoms with Gasteiger partial charge in [-0.25, -0.2) is 0 Å². The van der Waals surface area contributed by atoms with Gasteiger partial charge in [0.2, 0.25) is 0 Å². The Labute approximate surface area is 74.7 Å². The lowest BCUT2D eigenvalue weighted by atomic mass is 9.95. The van der Waals surface area contributed by atoms with E-state index in [0.29, 0.717) is 0 Å². The van der Waals surface area contributed by atoms with E-state index in [1.807, 2.05) is 0 Å². The molecule has 2 heterocycles. The van der Waals surface area contributed by atoms with Gasteiger partial charge in [-0.3, -0.25) is 10.4 Å². The van der Waals surface area contributed by atoms with Crippen LogP contribution in [0.25, 0.3) is 0 Å². The van der Waals surface area contributed by atoms with Gasteiger partial charge in [-0.1, -0.05) is 0 Å². The first-order valence-electron chi connectivity index (χ1n) is 4.91. The molecule has 12 heavy (non-hydrogen) atoms. The predicted octanol–water partition coefficient (Wildman–Crippen LogP) is 0.147. The van der Waals surface area contributed by atoms with Crippen LogP contribution >= 0.6 is 0 Å². The first kappa shape index (κ1) is 8.48. The number of fused-ring (bicyclic) bond motifs is 2. The zero-order valence-corrected chi connectivity index (χ0v) is 8.08. The Morgan fingerprint density at radius 2 is 2.00 bits per heavy atom. The van der Waals surface area contributed by atoms with Crippen molar-refractivity contribution in [2.45, 2.75) is 18.9 Å². The van der Waals surface area contributed by atoms with E-state index in [9.17, 15) is 0 Å². The van der Waals surface area contributed by atoms with Crippen LogP contribution in [0.5, 0.6) is 0 Å². The molecule has 2 aliphatic rings. The molecule has 0 saturated carbocycles. The van der Waals surface area contributed by atoms with Gasteiger partial charge in [0.05, 0.1) is 0 Å². The molecule has 3 nitrogen and oxygen atoms in total. The number of hydrogen-bond donors (Lipinski definition) is 1. The molecule has 1 N–H and O–H groups in total. The van der Waals surface area contributed by atoms with E-state index in [4.69, 9.17) is 0 Å². The van der Waals surface area contributed by atoms with Gasteiger partial charge in [-0.15, -0.1) is 0 Å². The molecule has 0 aromatic rings. The highest BCUT2D eigenvalue weighted by Crippen LogP contribution is 2.26. The van der Waals surface area contributed by atoms with E-state index in [0.717, 1.165) is 12.0 Å². The van der Waals surface area contributed by atoms with Crippen molar-refractivity contribution in [1.82, 2.24) is 15.3 Å². The van der Waals surface area contributed by atoms with E-state index in [1.54, 1.807) is 0 Å². The molecule has 2 bridgehead atoms. The van der Waals surface area contributed by atoms with Crippen molar-refractivity contribution in [3.63, 3.8) is 0 Å². The summed E-state index contributed by atoms with van der Waals surface area (Å²) in [6.07, 6.45) is 2.72. The zero-order chi connectivity index (χ0) is 8.55. The van der Waals surface area contributed by atoms with Gasteiger partial charge in [0.25, 0.3) is 0 Å². The molecule has 3 unspecified atom stereocenters. The second-order valence-electron chi connectivity index (χ2n) is 4.27. The van der Waals surface area contributed by atoms with Gasteiger partial charge in [-0.05, 0) is 31.8 Å². The first-order valence-corrected chi connectivity index (χ1v) is 4.91. The summed E-state index contributed by atoms with van der Waals surface area (Å²) in [6.45, 7) is 3.95. The summed E-state index contributed by atoms with van der Waals surface area (Å²) in [5, 5.41) is 2.10. The van der Waals surface area contributed by atoms with E-state index < -0.39 is 0 Å². The van der Waals surface area contributed by atoms with Crippen LogP contribution in [-0.2, 0) is 0 Å². The molecular weight excluding hydrogens is 150 g/mol. The highest BCUT2D eigenvalue weighted by molar-refractivity contribution is 4.89. The van der Waals surface area contributed by atoms with Crippen molar-refractivity contribution in [2.75, 3.05) is 33.7 Å². The summed E-state index contributed by atoms with van der Waals surface area (Å²) in [6, 6.07) is 0.735. The minimum absolute atomic E-state index is 0.735. The van der Waals surface area contributed by atoms with Crippen LogP contribution in [0, 0.1) is 5.92 Å². The quantitative estimate of drug-likeness (QED) is 0.594. The van der Waals surface area contributed by atoms with E-state index >= 15 is 0 Å². The topological polar surface area (TPSA) is 18.5 Å². The third-order valence-electron chi connectivity index (χ3n) is 3.06. The summed E-state index contributed by atoms with van der Waals surface area (Å²) in [4.78, 5) is 2.58. The lowest BCUT2D eigenvalue weighted by Gasteiger charge is -2.33. The molecule has 2 rings (SSSR count). The van der Waals surface area contributed by atoms with Crippen molar-refractivity contribution in [3.8, 4) is 0 Å². The van der Waals surface area contributed by atoms with Crippen molar-refractivity contribution in [2.24, 2.45) is 5.92 Å². The highest BCUT2D eigenvalue weighted by atomic mass is 15.5. The smallest absolute Gasteiger partial charge is 0.0268 e. The number of nitrogens with zero attached hydrogens (tertiary/aromatic N) is 2. The van der Waals surface area contributed by atoms with Gasteiger partial charge < -0.3 is 4.90 Å². The summed E-state index contributed by atoms with van der Waals surface area (Å²) in [5.74, 6) is 0.904. The SMILES string of the molecule is CN(C)NC1CCN2CCC1C2. The highest BCUT2D eigenvalue weighted by Gasteiger charge is 2.34. The molecule has 3 heteroatoms. The van der Waals surface area contributed by atoms with Crippen LogP contribution in [0.3, 0.4) is 0 Å². The lowest BCUT2D eigenvalue weighted by Crippen LogP contribution is -2.48. The Bertz CT molecular complexity index is 158. The molecule has 0 aromatic heterocycles. The fourth-order valence-corrected chi connectivity index (χ4v) is 2.45. The Morgan fingerprint density at radius 1 is 1.25 bits per heavy atom. The molecule has 0 aromatic carbocycles. The maximum absolute atomic E-state index is 3.52. The second kappa shape index (κ2) is 3.32. The third kappa shape index (κ3) is 1.63. The predicted molar refractivity (Wildman–Crippen MR) is 49.8 cm³/mol. The average Bonchev–Trinajstić information content (AvgIpc) is 2.39. The Hall–Kier alpha value is -0.120. The number of hydrazine groups is 1. The zero-order valence-electron chi connectivity index (χ0n) is 8.08. The van der Waals surface area contributed by atoms with E-state index in [1.165, 1.54) is 32.5 Å². The molecule has 2 saturated heterocycles. The van der Waals surface area contributed by atoms with E-state index in [2.05, 4.69) is 29.4 Å². The molecule has 2 aliphatic heterocycles. The van der Waals surface area contributed by atoms with Crippen molar-refractivity contribution >= 4 is 0 Å². The van der Waals surface area contributed by atoms with Crippen LogP contribution in [0.1, 0.15) is 12.8 Å². The van der Waals surface area contributed by atoms with Crippen molar-refractivity contribution in [1.29, 1.82) is 0 Å². The number of hydrogen-bond acceptors (Lipinski definition) is 3. The maximum Gasteiger partial charge on any atom is 0.0268 e. The van der Waals surface area contributed by atoms with Gasteiger partial charge in [0.1, 0.15) is 0 Å². The van der Waals surface area contributed by atoms with Gasteiger partial charge in [0, 0.05) is 26.7 Å². The fourth-order valence-electron chi connectivity index (χ4n) is 2.45. The summed E-state index contributed by atoms with van der Waals surface area (Å²) in [5.41, 5.74) is 3.52. The molecule has 2 fully saturated rings. The van der Waals surface area contributed by atoms with Gasteiger partial charge >= 0.3 is 0 Å². The molecule has 0 radical (unpaired) electrons. The normalized spacial score (nSPS) is 40.8. The second-order valence-corrected chi connectivity index (χ2v) is 4.27. The number of nitrogens with one attached hydrogen (secondary N) is 1. The van der Waals surface area contributed by atoms with Crippen molar-refractivity contribution < 1.29 is 0 Å². The van der Waals surface area contributed by atoms with Gasteiger partial charge in [0.15, 0.2) is 0 Å². The monoisotopic (exact) mass is 169 g/mol. The Morgan fingerprint density at radius 3 is 2.75 bits per heavy atom. The lowest BCUT2D eigenvalue weighted by molar-refractivity contribution is 0.149. The minimum atomic E-state index is 0.735. The van der Waals surface area contributed by atoms with Gasteiger partial charge in [-0.2, -0.15) is 0 Å². The Kier molecular flexibility index (Phi) is 2.35. The van der Waals surface area contributed by atoms with E-state index in [-0.39, 0.29) is 0 Å². The molecule has 70 valence electrons. The summed E-state index contributed by atoms with van der Waals surface area (Å²) in [7, 11) is 4.17. The number of rotatable bonds is 2. The largest absolute Gasteiger partial charge is 0.303 e. The standard InChI is InChI=1S/C9H19N3/c1-11(2)10-9-4-6-12-5-3-8(9)7-12/h8-10H,3-7H2,1-2H3. The first-order chi connectivity index (χ1) is 5.75. The Balaban J connectivity index is 1.89. The molecular formula is C9H19N3. The van der Waals surface area contributed by atoms with Crippen molar-refractivity contribution in [3.05, 3.63) is 0 Å². The van der Waals surface area contributed by atoms with Crippen LogP contribution in [-0.4, -0.2) is 49.7 Å². The fraction of sp³-hybridized carbons (Fsp3) is 1.00. The molecule has 3 atom stereocenters. The molecule has 0 amide bonds. The molecule has 0 spiro atoms. The molecule has 0 aliphatic carbocycles. The van der Waals surface area contributed by atoms with Crippen LogP contribution < -0.4 is 5.43 Å². The van der Waals surface area contributed by atoms with Crippen LogP contribution in [0.15, 0.2) is 0 Å². The minimum Gasteiger partial charge on any atom is -0.303 e. The maximum atomic E-state index is 3.52. The third-order valence-corrected chi connectivity index (χ3v) is 3.06. The summed E-state index contributed by atoms with van der Waals surface area (Å²) < 4.78 is 0. The summed E-state index contributed by atoms with van der Waals surface area (Å²) >= 11 is 0. The van der Waals surface area contributed by atoms with Crippen LogP contribution in [0.4, 0.5) is 0 Å².